The molecule has 6 rings (SSSR count). The van der Waals surface area contributed by atoms with Crippen molar-refractivity contribution in [2.75, 3.05) is 0 Å². The second-order valence-corrected chi connectivity index (χ2v) is 11.1. The normalized spacial score (nSPS) is 18.1. The number of pyridine rings is 1. The maximum Gasteiger partial charge on any atom is 0.222 e. The SMILES string of the molecule is Cc1c2c(cc3occc13)Sc1cc(C3CCC(C)(C)CC3)cc3cc[n+](C)c-2c13. The standard InChI is InChI=1S/C27H28NOS/c1-16-20-8-12-29-21(20)15-23-24(16)26-25-18(7-11-28(26)4)13-19(14-22(25)30-23)17-5-9-27(2,3)10-6-17/h7-8,11-15,17H,5-6,9-10H2,1-4H3/q+1. The van der Waals surface area contributed by atoms with Crippen molar-refractivity contribution < 1.29 is 8.98 Å². The number of hydrogen-bond donors (Lipinski definition) is 0. The molecule has 1 fully saturated rings. The average Bonchev–Trinajstić information content (AvgIpc) is 3.18. The Bertz CT molecular complexity index is 1320. The fraction of sp³-hybridized carbons (Fsp3) is 0.370. The Kier molecular flexibility index (Phi) is 3.93. The summed E-state index contributed by atoms with van der Waals surface area (Å²) >= 11 is 1.92. The molecular weight excluding hydrogens is 386 g/mol. The van der Waals surface area contributed by atoms with Crippen LogP contribution >= 0.6 is 11.8 Å². The average molecular weight is 415 g/mol. The van der Waals surface area contributed by atoms with Gasteiger partial charge in [0.1, 0.15) is 12.6 Å². The second kappa shape index (κ2) is 6.37. The zero-order valence-corrected chi connectivity index (χ0v) is 19.0. The topological polar surface area (TPSA) is 17.0 Å². The van der Waals surface area contributed by atoms with E-state index < -0.39 is 0 Å². The van der Waals surface area contributed by atoms with E-state index in [-0.39, 0.29) is 0 Å². The summed E-state index contributed by atoms with van der Waals surface area (Å²) in [5.74, 6) is 0.687. The quantitative estimate of drug-likeness (QED) is 0.264. The van der Waals surface area contributed by atoms with E-state index >= 15 is 0 Å². The first kappa shape index (κ1) is 18.5. The molecule has 0 amide bonds. The third kappa shape index (κ3) is 2.68. The van der Waals surface area contributed by atoms with Crippen LogP contribution in [0.25, 0.3) is 33.0 Å². The molecule has 0 atom stereocenters. The predicted molar refractivity (Wildman–Crippen MR) is 124 cm³/mol. The van der Waals surface area contributed by atoms with Crippen LogP contribution in [0.1, 0.15) is 56.6 Å². The summed E-state index contributed by atoms with van der Waals surface area (Å²) < 4.78 is 8.07. The highest BCUT2D eigenvalue weighted by Crippen LogP contribution is 2.51. The molecule has 30 heavy (non-hydrogen) atoms. The number of fused-ring (bicyclic) bond motifs is 3. The molecule has 0 saturated heterocycles. The van der Waals surface area contributed by atoms with Gasteiger partial charge in [-0.05, 0) is 78.7 Å². The molecule has 0 unspecified atom stereocenters. The first-order chi connectivity index (χ1) is 14.4. The molecule has 1 aliphatic heterocycles. The van der Waals surface area contributed by atoms with Gasteiger partial charge >= 0.3 is 0 Å². The highest BCUT2D eigenvalue weighted by atomic mass is 32.2. The number of furan rings is 1. The van der Waals surface area contributed by atoms with Crippen molar-refractivity contribution in [3.63, 3.8) is 0 Å². The first-order valence-electron chi connectivity index (χ1n) is 11.1. The molecular formula is C27H28NOS+. The lowest BCUT2D eigenvalue weighted by Gasteiger charge is -2.35. The fourth-order valence-electron chi connectivity index (χ4n) is 5.58. The van der Waals surface area contributed by atoms with Gasteiger partial charge < -0.3 is 4.42 Å². The van der Waals surface area contributed by atoms with E-state index in [1.165, 1.54) is 74.0 Å². The molecule has 2 nitrogen and oxygen atoms in total. The molecule has 0 radical (unpaired) electrons. The minimum atomic E-state index is 0.502. The minimum Gasteiger partial charge on any atom is -0.464 e. The number of rotatable bonds is 1. The molecule has 2 aromatic heterocycles. The summed E-state index contributed by atoms with van der Waals surface area (Å²) in [4.78, 5) is 2.71. The van der Waals surface area contributed by atoms with Gasteiger partial charge in [-0.15, -0.1) is 0 Å². The highest BCUT2D eigenvalue weighted by Gasteiger charge is 2.32. The van der Waals surface area contributed by atoms with Crippen LogP contribution in [0.3, 0.4) is 0 Å². The summed E-state index contributed by atoms with van der Waals surface area (Å²) in [6, 6.07) is 11.6. The molecule has 2 aliphatic rings. The summed E-state index contributed by atoms with van der Waals surface area (Å²) in [6.07, 6.45) is 9.30. The monoisotopic (exact) mass is 414 g/mol. The Morgan fingerprint density at radius 3 is 2.67 bits per heavy atom. The van der Waals surface area contributed by atoms with Crippen LogP contribution in [0.15, 0.2) is 57.0 Å². The van der Waals surface area contributed by atoms with E-state index in [9.17, 15) is 0 Å². The van der Waals surface area contributed by atoms with Crippen molar-refractivity contribution in [1.82, 2.24) is 0 Å². The molecule has 4 aromatic rings. The van der Waals surface area contributed by atoms with Gasteiger partial charge in [0.25, 0.3) is 0 Å². The molecule has 2 aromatic carbocycles. The Hall–Kier alpha value is -2.26. The lowest BCUT2D eigenvalue weighted by molar-refractivity contribution is -0.659. The van der Waals surface area contributed by atoms with Gasteiger partial charge in [0.05, 0.1) is 17.2 Å². The minimum absolute atomic E-state index is 0.502. The van der Waals surface area contributed by atoms with Crippen LogP contribution in [0.2, 0.25) is 0 Å². The van der Waals surface area contributed by atoms with E-state index in [4.69, 9.17) is 4.42 Å². The van der Waals surface area contributed by atoms with E-state index in [2.05, 4.69) is 68.9 Å². The third-order valence-electron chi connectivity index (χ3n) is 7.47. The third-order valence-corrected chi connectivity index (χ3v) is 8.56. The Morgan fingerprint density at radius 1 is 1.07 bits per heavy atom. The fourth-order valence-corrected chi connectivity index (χ4v) is 6.85. The van der Waals surface area contributed by atoms with Gasteiger partial charge in [-0.1, -0.05) is 31.7 Å². The molecule has 0 spiro atoms. The van der Waals surface area contributed by atoms with Gasteiger partial charge in [0, 0.05) is 21.2 Å². The van der Waals surface area contributed by atoms with Gasteiger partial charge in [-0.2, -0.15) is 0 Å². The van der Waals surface area contributed by atoms with Crippen LogP contribution in [0.5, 0.6) is 0 Å². The van der Waals surface area contributed by atoms with E-state index in [0.717, 1.165) is 5.58 Å². The van der Waals surface area contributed by atoms with Crippen molar-refractivity contribution >= 4 is 33.5 Å². The van der Waals surface area contributed by atoms with Crippen LogP contribution in [-0.4, -0.2) is 0 Å². The van der Waals surface area contributed by atoms with Crippen molar-refractivity contribution in [1.29, 1.82) is 0 Å². The maximum atomic E-state index is 5.77. The van der Waals surface area contributed by atoms with Crippen LogP contribution in [0.4, 0.5) is 0 Å². The summed E-state index contributed by atoms with van der Waals surface area (Å²) in [5.41, 5.74) is 7.04. The maximum absolute atomic E-state index is 5.77. The smallest absolute Gasteiger partial charge is 0.222 e. The Morgan fingerprint density at radius 2 is 1.87 bits per heavy atom. The van der Waals surface area contributed by atoms with Gasteiger partial charge in [-0.25, -0.2) is 4.57 Å². The zero-order chi connectivity index (χ0) is 20.6. The number of hydrogen-bond acceptors (Lipinski definition) is 2. The second-order valence-electron chi connectivity index (χ2n) is 10.0. The number of aryl methyl sites for hydroxylation is 2. The summed E-state index contributed by atoms with van der Waals surface area (Å²) in [5, 5.41) is 4.00. The molecule has 3 heteroatoms. The molecule has 152 valence electrons. The Balaban J connectivity index is 1.57. The van der Waals surface area contributed by atoms with Crippen molar-refractivity contribution in [2.45, 2.75) is 62.2 Å². The molecule has 3 heterocycles. The number of aromatic nitrogens is 1. The first-order valence-corrected chi connectivity index (χ1v) is 11.9. The van der Waals surface area contributed by atoms with Crippen molar-refractivity contribution in [3.05, 3.63) is 53.9 Å². The predicted octanol–water partition coefficient (Wildman–Crippen LogP) is 7.53. The molecule has 1 aliphatic carbocycles. The van der Waals surface area contributed by atoms with E-state index in [1.54, 1.807) is 0 Å². The summed E-state index contributed by atoms with van der Waals surface area (Å²) in [6.45, 7) is 7.08. The molecule has 1 saturated carbocycles. The van der Waals surface area contributed by atoms with Crippen LogP contribution in [0, 0.1) is 12.3 Å². The summed E-state index contributed by atoms with van der Waals surface area (Å²) in [7, 11) is 2.18. The van der Waals surface area contributed by atoms with E-state index in [0.29, 0.717) is 11.3 Å². The number of nitrogens with zero attached hydrogens (tertiary/aromatic N) is 1. The van der Waals surface area contributed by atoms with Crippen molar-refractivity contribution in [2.24, 2.45) is 12.5 Å². The van der Waals surface area contributed by atoms with Crippen molar-refractivity contribution in [3.8, 4) is 11.3 Å². The molecule has 0 N–H and O–H groups in total. The van der Waals surface area contributed by atoms with Gasteiger partial charge in [0.2, 0.25) is 5.69 Å². The largest absolute Gasteiger partial charge is 0.464 e. The van der Waals surface area contributed by atoms with Crippen LogP contribution < -0.4 is 4.57 Å². The Labute approximate surface area is 182 Å². The van der Waals surface area contributed by atoms with E-state index in [1.807, 2.05) is 18.0 Å². The molecule has 0 bridgehead atoms. The van der Waals surface area contributed by atoms with Gasteiger partial charge in [0.15, 0.2) is 6.20 Å². The number of benzene rings is 2. The van der Waals surface area contributed by atoms with Crippen LogP contribution in [-0.2, 0) is 7.05 Å². The lowest BCUT2D eigenvalue weighted by Crippen LogP contribution is -2.31. The highest BCUT2D eigenvalue weighted by molar-refractivity contribution is 7.99. The lowest BCUT2D eigenvalue weighted by atomic mass is 9.71. The zero-order valence-electron chi connectivity index (χ0n) is 18.2. The van der Waals surface area contributed by atoms with Gasteiger partial charge in [-0.3, -0.25) is 0 Å².